The van der Waals surface area contributed by atoms with Crippen LogP contribution in [-0.4, -0.2) is 44.2 Å². The highest BCUT2D eigenvalue weighted by atomic mass is 16.5. The summed E-state index contributed by atoms with van der Waals surface area (Å²) in [7, 11) is 0. The van der Waals surface area contributed by atoms with Crippen LogP contribution in [-0.2, 0) is 0 Å². The standard InChI is InChI=1S/C5H12O5/c6-3(5(9)10)1-2-4(7)8/h3-10H,1-2H2. The third kappa shape index (κ3) is 4.66. The summed E-state index contributed by atoms with van der Waals surface area (Å²) in [6.07, 6.45) is -4.73. The Morgan fingerprint density at radius 2 is 1.30 bits per heavy atom. The number of hydrogen-bond donors (Lipinski definition) is 5. The average Bonchev–Trinajstić information content (AvgIpc) is 1.82. The van der Waals surface area contributed by atoms with Gasteiger partial charge in [-0.25, -0.2) is 0 Å². The average molecular weight is 152 g/mol. The van der Waals surface area contributed by atoms with Crippen LogP contribution in [0.25, 0.3) is 0 Å². The molecule has 0 aliphatic heterocycles. The van der Waals surface area contributed by atoms with E-state index in [1.54, 1.807) is 0 Å². The first-order valence-electron chi connectivity index (χ1n) is 2.94. The van der Waals surface area contributed by atoms with Crippen molar-refractivity contribution >= 4 is 0 Å². The van der Waals surface area contributed by atoms with Crippen molar-refractivity contribution in [2.24, 2.45) is 0 Å². The first kappa shape index (κ1) is 9.80. The predicted molar refractivity (Wildman–Crippen MR) is 31.7 cm³/mol. The highest BCUT2D eigenvalue weighted by molar-refractivity contribution is 4.56. The Morgan fingerprint density at radius 3 is 1.60 bits per heavy atom. The Labute approximate surface area is 58.2 Å². The Kier molecular flexibility index (Phi) is 4.50. The van der Waals surface area contributed by atoms with Crippen LogP contribution in [0.1, 0.15) is 12.8 Å². The van der Waals surface area contributed by atoms with Crippen LogP contribution in [0.15, 0.2) is 0 Å². The van der Waals surface area contributed by atoms with Crippen molar-refractivity contribution in [2.45, 2.75) is 31.5 Å². The van der Waals surface area contributed by atoms with E-state index in [4.69, 9.17) is 25.5 Å². The lowest BCUT2D eigenvalue weighted by Gasteiger charge is -2.12. The van der Waals surface area contributed by atoms with Crippen LogP contribution in [0.3, 0.4) is 0 Å². The third-order valence-corrected chi connectivity index (χ3v) is 1.06. The van der Waals surface area contributed by atoms with Crippen molar-refractivity contribution in [1.29, 1.82) is 0 Å². The van der Waals surface area contributed by atoms with Gasteiger partial charge in [-0.1, -0.05) is 0 Å². The Hall–Kier alpha value is -0.200. The molecule has 0 bridgehead atoms. The van der Waals surface area contributed by atoms with Crippen molar-refractivity contribution < 1.29 is 25.5 Å². The van der Waals surface area contributed by atoms with Gasteiger partial charge in [0.05, 0.1) is 0 Å². The fourth-order valence-electron chi connectivity index (χ4n) is 0.469. The van der Waals surface area contributed by atoms with Gasteiger partial charge in [-0.05, 0) is 6.42 Å². The van der Waals surface area contributed by atoms with E-state index in [-0.39, 0.29) is 12.8 Å². The van der Waals surface area contributed by atoms with Crippen LogP contribution in [0.5, 0.6) is 0 Å². The summed E-state index contributed by atoms with van der Waals surface area (Å²) in [5, 5.41) is 41.7. The van der Waals surface area contributed by atoms with Gasteiger partial charge in [0, 0.05) is 6.42 Å². The van der Waals surface area contributed by atoms with E-state index in [0.717, 1.165) is 0 Å². The lowest BCUT2D eigenvalue weighted by Crippen LogP contribution is -2.26. The van der Waals surface area contributed by atoms with E-state index in [0.29, 0.717) is 0 Å². The molecule has 5 N–H and O–H groups in total. The lowest BCUT2D eigenvalue weighted by atomic mass is 10.2. The van der Waals surface area contributed by atoms with Crippen molar-refractivity contribution in [3.05, 3.63) is 0 Å². The smallest absolute Gasteiger partial charge is 0.178 e. The molecule has 0 aliphatic rings. The summed E-state index contributed by atoms with van der Waals surface area (Å²) in [4.78, 5) is 0. The van der Waals surface area contributed by atoms with Gasteiger partial charge in [0.2, 0.25) is 0 Å². The molecular formula is C5H12O5. The minimum absolute atomic E-state index is 0.0463. The summed E-state index contributed by atoms with van der Waals surface area (Å²) in [5.74, 6) is 0. The van der Waals surface area contributed by atoms with E-state index in [1.165, 1.54) is 0 Å². The molecule has 1 atom stereocenters. The second kappa shape index (κ2) is 4.59. The van der Waals surface area contributed by atoms with E-state index >= 15 is 0 Å². The summed E-state index contributed by atoms with van der Waals surface area (Å²) >= 11 is 0. The Morgan fingerprint density at radius 1 is 0.800 bits per heavy atom. The van der Waals surface area contributed by atoms with Gasteiger partial charge in [0.15, 0.2) is 12.6 Å². The maximum Gasteiger partial charge on any atom is 0.178 e. The fourth-order valence-corrected chi connectivity index (χ4v) is 0.469. The van der Waals surface area contributed by atoms with Crippen LogP contribution in [0, 0.1) is 0 Å². The topological polar surface area (TPSA) is 101 Å². The van der Waals surface area contributed by atoms with Gasteiger partial charge in [0.1, 0.15) is 6.10 Å². The minimum Gasteiger partial charge on any atom is -0.388 e. The Bertz CT molecular complexity index is 82.1. The quantitative estimate of drug-likeness (QED) is 0.293. The predicted octanol–water partition coefficient (Wildman–Crippen LogP) is -2.25. The zero-order chi connectivity index (χ0) is 8.15. The molecule has 0 amide bonds. The second-order valence-electron chi connectivity index (χ2n) is 2.04. The lowest BCUT2D eigenvalue weighted by molar-refractivity contribution is -0.132. The molecule has 0 aliphatic carbocycles. The molecule has 0 saturated carbocycles. The second-order valence-corrected chi connectivity index (χ2v) is 2.04. The zero-order valence-corrected chi connectivity index (χ0v) is 5.38. The molecule has 0 rings (SSSR count). The largest absolute Gasteiger partial charge is 0.388 e. The zero-order valence-electron chi connectivity index (χ0n) is 5.38. The van der Waals surface area contributed by atoms with Gasteiger partial charge in [0.25, 0.3) is 0 Å². The highest BCUT2D eigenvalue weighted by Crippen LogP contribution is 2.01. The number of aliphatic hydroxyl groups is 5. The van der Waals surface area contributed by atoms with E-state index < -0.39 is 18.7 Å². The number of rotatable bonds is 4. The Balaban J connectivity index is 3.30. The summed E-state index contributed by atoms with van der Waals surface area (Å²) in [5.41, 5.74) is 0. The first-order valence-corrected chi connectivity index (χ1v) is 2.94. The van der Waals surface area contributed by atoms with Crippen LogP contribution in [0.4, 0.5) is 0 Å². The maximum atomic E-state index is 8.65. The fraction of sp³-hybridized carbons (Fsp3) is 1.00. The highest BCUT2D eigenvalue weighted by Gasteiger charge is 2.13. The van der Waals surface area contributed by atoms with Gasteiger partial charge < -0.3 is 25.5 Å². The maximum absolute atomic E-state index is 8.65. The van der Waals surface area contributed by atoms with Gasteiger partial charge in [-0.15, -0.1) is 0 Å². The third-order valence-electron chi connectivity index (χ3n) is 1.06. The first-order chi connectivity index (χ1) is 4.54. The summed E-state index contributed by atoms with van der Waals surface area (Å²) < 4.78 is 0. The summed E-state index contributed by atoms with van der Waals surface area (Å²) in [6.45, 7) is 0. The minimum atomic E-state index is -1.81. The molecule has 10 heavy (non-hydrogen) atoms. The van der Waals surface area contributed by atoms with Crippen LogP contribution >= 0.6 is 0 Å². The molecular weight excluding hydrogens is 140 g/mol. The van der Waals surface area contributed by atoms with E-state index in [2.05, 4.69) is 0 Å². The molecule has 0 fully saturated rings. The van der Waals surface area contributed by atoms with Crippen molar-refractivity contribution in [3.8, 4) is 0 Å². The molecule has 0 aromatic carbocycles. The van der Waals surface area contributed by atoms with Crippen LogP contribution < -0.4 is 0 Å². The molecule has 1 unspecified atom stereocenters. The van der Waals surface area contributed by atoms with E-state index in [1.807, 2.05) is 0 Å². The molecule has 5 nitrogen and oxygen atoms in total. The molecule has 0 aromatic rings. The molecule has 0 saturated heterocycles. The normalized spacial score (nSPS) is 14.7. The molecule has 5 heteroatoms. The van der Waals surface area contributed by atoms with Crippen LogP contribution in [0.2, 0.25) is 0 Å². The van der Waals surface area contributed by atoms with E-state index in [9.17, 15) is 0 Å². The van der Waals surface area contributed by atoms with Gasteiger partial charge >= 0.3 is 0 Å². The van der Waals surface area contributed by atoms with Crippen molar-refractivity contribution in [1.82, 2.24) is 0 Å². The van der Waals surface area contributed by atoms with Gasteiger partial charge in [-0.3, -0.25) is 0 Å². The molecule has 0 radical (unpaired) electrons. The number of aliphatic hydroxyl groups excluding tert-OH is 3. The van der Waals surface area contributed by atoms with Crippen molar-refractivity contribution in [2.75, 3.05) is 0 Å². The molecule has 0 spiro atoms. The number of hydrogen-bond acceptors (Lipinski definition) is 5. The SMILES string of the molecule is OC(O)CCC(O)C(O)O. The molecule has 0 aromatic heterocycles. The summed E-state index contributed by atoms with van der Waals surface area (Å²) in [6, 6.07) is 0. The van der Waals surface area contributed by atoms with Gasteiger partial charge in [-0.2, -0.15) is 0 Å². The molecule has 0 heterocycles. The molecule has 62 valence electrons. The monoisotopic (exact) mass is 152 g/mol. The van der Waals surface area contributed by atoms with Crippen molar-refractivity contribution in [3.63, 3.8) is 0 Å².